The van der Waals surface area contributed by atoms with E-state index >= 15 is 0 Å². The summed E-state index contributed by atoms with van der Waals surface area (Å²) in [7, 11) is 0. The van der Waals surface area contributed by atoms with E-state index in [4.69, 9.17) is 56.5 Å². The van der Waals surface area contributed by atoms with Crippen molar-refractivity contribution < 1.29 is 14.3 Å². The monoisotopic (exact) mass is 494 g/mol. The van der Waals surface area contributed by atoms with Crippen molar-refractivity contribution in [2.24, 2.45) is 0 Å². The number of amides is 1. The zero-order chi connectivity index (χ0) is 22.2. The van der Waals surface area contributed by atoms with Crippen molar-refractivity contribution in [2.45, 2.75) is 0 Å². The van der Waals surface area contributed by atoms with Gasteiger partial charge in [-0.25, -0.2) is 0 Å². The van der Waals surface area contributed by atoms with Crippen LogP contribution in [0.1, 0.15) is 10.4 Å². The molecule has 0 aromatic heterocycles. The van der Waals surface area contributed by atoms with Crippen molar-refractivity contribution in [1.82, 2.24) is 5.32 Å². The van der Waals surface area contributed by atoms with Crippen LogP contribution < -0.4 is 20.1 Å². The number of nitrogens with one attached hydrogen (secondary N) is 2. The van der Waals surface area contributed by atoms with E-state index in [1.807, 2.05) is 30.3 Å². The summed E-state index contributed by atoms with van der Waals surface area (Å²) >= 11 is 23.3. The Bertz CT molecular complexity index is 1080. The van der Waals surface area contributed by atoms with Crippen LogP contribution >= 0.6 is 47.0 Å². The molecule has 3 aromatic rings. The molecule has 0 atom stereocenters. The van der Waals surface area contributed by atoms with E-state index < -0.39 is 5.91 Å². The fourth-order valence-electron chi connectivity index (χ4n) is 2.55. The fourth-order valence-corrected chi connectivity index (χ4v) is 3.35. The Kier molecular flexibility index (Phi) is 8.37. The van der Waals surface area contributed by atoms with Crippen molar-refractivity contribution >= 4 is 63.7 Å². The minimum atomic E-state index is -0.437. The molecule has 9 heteroatoms. The number of rotatable bonds is 7. The minimum Gasteiger partial charge on any atom is -0.490 e. The average Bonchev–Trinajstić information content (AvgIpc) is 2.76. The zero-order valence-electron chi connectivity index (χ0n) is 16.0. The topological polar surface area (TPSA) is 59.6 Å². The number of thiocarbonyl (C=S) groups is 1. The summed E-state index contributed by atoms with van der Waals surface area (Å²) in [6, 6.07) is 19.2. The van der Waals surface area contributed by atoms with E-state index in [2.05, 4.69) is 10.6 Å². The summed E-state index contributed by atoms with van der Waals surface area (Å²) in [5.74, 6) is 0.717. The molecule has 0 saturated heterocycles. The largest absolute Gasteiger partial charge is 0.490 e. The van der Waals surface area contributed by atoms with Gasteiger partial charge in [-0.2, -0.15) is 0 Å². The first-order valence-corrected chi connectivity index (χ1v) is 10.6. The molecule has 0 saturated carbocycles. The number of ether oxygens (including phenoxy) is 2. The van der Waals surface area contributed by atoms with Gasteiger partial charge in [0.1, 0.15) is 24.7 Å². The van der Waals surface area contributed by atoms with Crippen molar-refractivity contribution in [3.8, 4) is 11.5 Å². The minimum absolute atomic E-state index is 0.0486. The Labute approximate surface area is 200 Å². The Morgan fingerprint density at radius 1 is 0.839 bits per heavy atom. The van der Waals surface area contributed by atoms with Crippen LogP contribution in [0.2, 0.25) is 15.1 Å². The molecule has 0 radical (unpaired) electrons. The van der Waals surface area contributed by atoms with Gasteiger partial charge in [0.25, 0.3) is 5.91 Å². The molecule has 2 N–H and O–H groups in total. The van der Waals surface area contributed by atoms with Crippen LogP contribution in [0.15, 0.2) is 66.7 Å². The third-order valence-electron chi connectivity index (χ3n) is 3.97. The summed E-state index contributed by atoms with van der Waals surface area (Å²) in [5, 5.41) is 6.41. The predicted molar refractivity (Wildman–Crippen MR) is 129 cm³/mol. The van der Waals surface area contributed by atoms with Crippen LogP contribution in [-0.4, -0.2) is 24.2 Å². The maximum absolute atomic E-state index is 12.7. The third-order valence-corrected chi connectivity index (χ3v) is 5.21. The summed E-state index contributed by atoms with van der Waals surface area (Å²) in [6.45, 7) is 0.594. The Balaban J connectivity index is 1.57. The molecular weight excluding hydrogens is 479 g/mol. The second kappa shape index (κ2) is 11.2. The van der Waals surface area contributed by atoms with E-state index in [1.165, 1.54) is 12.1 Å². The van der Waals surface area contributed by atoms with E-state index in [1.54, 1.807) is 24.3 Å². The number of hydrogen-bond donors (Lipinski definition) is 2. The van der Waals surface area contributed by atoms with Crippen molar-refractivity contribution in [3.05, 3.63) is 87.4 Å². The highest BCUT2D eigenvalue weighted by Gasteiger charge is 2.15. The molecule has 0 heterocycles. The number of halogens is 3. The van der Waals surface area contributed by atoms with Crippen LogP contribution in [0.4, 0.5) is 5.69 Å². The molecule has 3 aromatic carbocycles. The number of anilines is 1. The summed E-state index contributed by atoms with van der Waals surface area (Å²) in [4.78, 5) is 12.7. The second-order valence-electron chi connectivity index (χ2n) is 6.16. The molecule has 31 heavy (non-hydrogen) atoms. The third kappa shape index (κ3) is 6.74. The summed E-state index contributed by atoms with van der Waals surface area (Å²) in [5.41, 5.74) is 0.746. The molecule has 5 nitrogen and oxygen atoms in total. The van der Waals surface area contributed by atoms with E-state index in [9.17, 15) is 4.79 Å². The Morgan fingerprint density at radius 3 is 2.26 bits per heavy atom. The highest BCUT2D eigenvalue weighted by atomic mass is 35.5. The first-order chi connectivity index (χ1) is 14.9. The number of carbonyl (C=O) groups excluding carboxylic acids is 1. The van der Waals surface area contributed by atoms with Crippen molar-refractivity contribution in [3.63, 3.8) is 0 Å². The SMILES string of the molecule is O=C(NC(=S)Nc1cc(Cl)c(Cl)cc1Cl)c1ccccc1OCCOc1ccccc1. The second-order valence-corrected chi connectivity index (χ2v) is 7.79. The lowest BCUT2D eigenvalue weighted by molar-refractivity contribution is 0.0972. The first kappa shape index (κ1) is 23.2. The van der Waals surface area contributed by atoms with Crippen molar-refractivity contribution in [2.75, 3.05) is 18.5 Å². The molecule has 0 aliphatic heterocycles. The van der Waals surface area contributed by atoms with Gasteiger partial charge < -0.3 is 14.8 Å². The van der Waals surface area contributed by atoms with Crippen LogP contribution in [0.3, 0.4) is 0 Å². The number of hydrogen-bond acceptors (Lipinski definition) is 4. The van der Waals surface area contributed by atoms with Gasteiger partial charge in [-0.15, -0.1) is 0 Å². The number of para-hydroxylation sites is 2. The number of benzene rings is 3. The normalized spacial score (nSPS) is 10.3. The fraction of sp³-hybridized carbons (Fsp3) is 0.0909. The van der Waals surface area contributed by atoms with Gasteiger partial charge in [0.05, 0.1) is 26.3 Å². The Hall–Kier alpha value is -2.51. The van der Waals surface area contributed by atoms with Crippen LogP contribution in [0.25, 0.3) is 0 Å². The van der Waals surface area contributed by atoms with Gasteiger partial charge in [-0.1, -0.05) is 65.1 Å². The van der Waals surface area contributed by atoms with Gasteiger partial charge in [-0.3, -0.25) is 10.1 Å². The molecule has 0 unspecified atom stereocenters. The lowest BCUT2D eigenvalue weighted by Crippen LogP contribution is -2.34. The lowest BCUT2D eigenvalue weighted by Gasteiger charge is -2.14. The van der Waals surface area contributed by atoms with E-state index in [-0.39, 0.29) is 11.7 Å². The van der Waals surface area contributed by atoms with Crippen molar-refractivity contribution in [1.29, 1.82) is 0 Å². The lowest BCUT2D eigenvalue weighted by atomic mass is 10.2. The number of carbonyl (C=O) groups is 1. The molecule has 0 fully saturated rings. The van der Waals surface area contributed by atoms with E-state index in [0.29, 0.717) is 38.7 Å². The molecule has 1 amide bonds. The summed E-state index contributed by atoms with van der Waals surface area (Å²) in [6.07, 6.45) is 0. The van der Waals surface area contributed by atoms with Gasteiger partial charge in [0.15, 0.2) is 5.11 Å². The maximum Gasteiger partial charge on any atom is 0.261 e. The average molecular weight is 496 g/mol. The molecular formula is C22H17Cl3N2O3S. The maximum atomic E-state index is 12.7. The van der Waals surface area contributed by atoms with Crippen LogP contribution in [0, 0.1) is 0 Å². The zero-order valence-corrected chi connectivity index (χ0v) is 19.1. The summed E-state index contributed by atoms with van der Waals surface area (Å²) < 4.78 is 11.3. The van der Waals surface area contributed by atoms with Gasteiger partial charge in [-0.05, 0) is 48.6 Å². The molecule has 0 aliphatic carbocycles. The standard InChI is InChI=1S/C22H17Cl3N2O3S/c23-16-12-18(25)19(13-17(16)24)26-22(31)27-21(28)15-8-4-5-9-20(15)30-11-10-29-14-6-2-1-3-7-14/h1-9,12-13H,10-11H2,(H2,26,27,28,31). The molecule has 0 aliphatic rings. The highest BCUT2D eigenvalue weighted by molar-refractivity contribution is 7.80. The first-order valence-electron chi connectivity index (χ1n) is 9.10. The molecule has 0 spiro atoms. The smallest absolute Gasteiger partial charge is 0.261 e. The van der Waals surface area contributed by atoms with Gasteiger partial charge in [0, 0.05) is 0 Å². The van der Waals surface area contributed by atoms with Crippen LogP contribution in [-0.2, 0) is 0 Å². The highest BCUT2D eigenvalue weighted by Crippen LogP contribution is 2.32. The van der Waals surface area contributed by atoms with E-state index in [0.717, 1.165) is 5.75 Å². The molecule has 3 rings (SSSR count). The molecule has 160 valence electrons. The molecule has 0 bridgehead atoms. The van der Waals surface area contributed by atoms with Gasteiger partial charge >= 0.3 is 0 Å². The quantitative estimate of drug-likeness (QED) is 0.231. The van der Waals surface area contributed by atoms with Crippen LogP contribution in [0.5, 0.6) is 11.5 Å². The Morgan fingerprint density at radius 2 is 1.48 bits per heavy atom. The predicted octanol–water partition coefficient (Wildman–Crippen LogP) is 6.23. The van der Waals surface area contributed by atoms with Gasteiger partial charge in [0.2, 0.25) is 0 Å².